The summed E-state index contributed by atoms with van der Waals surface area (Å²) in [4.78, 5) is 0. The molecule has 0 radical (unpaired) electrons. The van der Waals surface area contributed by atoms with E-state index in [1.165, 1.54) is 12.1 Å². The maximum atomic E-state index is 13.2. The Morgan fingerprint density at radius 1 is 1.40 bits per heavy atom. The maximum Gasteiger partial charge on any atom is 0.129 e. The summed E-state index contributed by atoms with van der Waals surface area (Å²) in [6.45, 7) is 1.92. The van der Waals surface area contributed by atoms with Crippen LogP contribution in [-0.2, 0) is 6.42 Å². The minimum atomic E-state index is -1.05. The highest BCUT2D eigenvalue weighted by Crippen LogP contribution is 2.19. The van der Waals surface area contributed by atoms with Gasteiger partial charge in [-0.15, -0.1) is 0 Å². The predicted molar refractivity (Wildman–Crippen MR) is 54.4 cm³/mol. The van der Waals surface area contributed by atoms with E-state index >= 15 is 0 Å². The first-order chi connectivity index (χ1) is 6.94. The molecule has 0 aliphatic heterocycles. The Kier molecular flexibility index (Phi) is 3.77. The third-order valence-electron chi connectivity index (χ3n) is 2.27. The summed E-state index contributed by atoms with van der Waals surface area (Å²) < 4.78 is 25.8. The van der Waals surface area contributed by atoms with Gasteiger partial charge in [0.15, 0.2) is 0 Å². The van der Waals surface area contributed by atoms with Gasteiger partial charge in [-0.1, -0.05) is 6.07 Å². The van der Waals surface area contributed by atoms with Crippen molar-refractivity contribution in [1.82, 2.24) is 0 Å². The van der Waals surface area contributed by atoms with Crippen molar-refractivity contribution in [3.63, 3.8) is 0 Å². The van der Waals surface area contributed by atoms with Crippen molar-refractivity contribution in [2.24, 2.45) is 5.73 Å². The van der Waals surface area contributed by atoms with Crippen LogP contribution < -0.4 is 5.73 Å². The van der Waals surface area contributed by atoms with E-state index in [1.54, 1.807) is 6.92 Å². The second-order valence-corrected chi connectivity index (χ2v) is 3.95. The quantitative estimate of drug-likeness (QED) is 0.801. The number of aliphatic hydroxyl groups is 1. The molecule has 0 spiro atoms. The monoisotopic (exact) mass is 215 g/mol. The van der Waals surface area contributed by atoms with Crippen molar-refractivity contribution >= 4 is 0 Å². The van der Waals surface area contributed by atoms with Crippen molar-refractivity contribution in [3.8, 4) is 0 Å². The van der Waals surface area contributed by atoms with E-state index in [2.05, 4.69) is 0 Å². The molecule has 84 valence electrons. The summed E-state index contributed by atoms with van der Waals surface area (Å²) >= 11 is 0. The Balaban J connectivity index is 2.80. The lowest BCUT2D eigenvalue weighted by Gasteiger charge is -2.22. The molecule has 1 rings (SSSR count). The normalized spacial score (nSPS) is 15.0. The van der Waals surface area contributed by atoms with E-state index in [0.717, 1.165) is 6.07 Å². The van der Waals surface area contributed by atoms with Gasteiger partial charge in [0.05, 0.1) is 5.60 Å². The molecule has 1 atom stereocenters. The van der Waals surface area contributed by atoms with Crippen molar-refractivity contribution in [2.45, 2.75) is 25.4 Å². The Bertz CT molecular complexity index is 339. The van der Waals surface area contributed by atoms with Crippen molar-refractivity contribution in [1.29, 1.82) is 0 Å². The van der Waals surface area contributed by atoms with Crippen LogP contribution in [0, 0.1) is 11.6 Å². The van der Waals surface area contributed by atoms with Gasteiger partial charge >= 0.3 is 0 Å². The average molecular weight is 215 g/mol. The zero-order valence-electron chi connectivity index (χ0n) is 8.63. The van der Waals surface area contributed by atoms with Gasteiger partial charge in [-0.2, -0.15) is 0 Å². The zero-order chi connectivity index (χ0) is 11.5. The molecular formula is C11H15F2NO. The smallest absolute Gasteiger partial charge is 0.129 e. The molecule has 1 aromatic carbocycles. The van der Waals surface area contributed by atoms with E-state index in [0.29, 0.717) is 18.5 Å². The molecule has 0 aliphatic carbocycles. The summed E-state index contributed by atoms with van der Waals surface area (Å²) in [5.74, 6) is -1.25. The summed E-state index contributed by atoms with van der Waals surface area (Å²) in [5, 5.41) is 9.82. The fraction of sp³-hybridized carbons (Fsp3) is 0.455. The van der Waals surface area contributed by atoms with E-state index in [9.17, 15) is 13.9 Å². The van der Waals surface area contributed by atoms with Crippen LogP contribution in [0.3, 0.4) is 0 Å². The van der Waals surface area contributed by atoms with Crippen LogP contribution in [0.2, 0.25) is 0 Å². The number of benzene rings is 1. The van der Waals surface area contributed by atoms with Crippen LogP contribution in [0.25, 0.3) is 0 Å². The molecule has 0 fully saturated rings. The van der Waals surface area contributed by atoms with Gasteiger partial charge in [0, 0.05) is 12.5 Å². The summed E-state index contributed by atoms with van der Waals surface area (Å²) in [5.41, 5.74) is 4.57. The van der Waals surface area contributed by atoms with Crippen LogP contribution in [-0.4, -0.2) is 17.3 Å². The zero-order valence-corrected chi connectivity index (χ0v) is 8.63. The fourth-order valence-corrected chi connectivity index (χ4v) is 1.47. The van der Waals surface area contributed by atoms with Gasteiger partial charge in [-0.25, -0.2) is 8.78 Å². The molecular weight excluding hydrogens is 200 g/mol. The second-order valence-electron chi connectivity index (χ2n) is 3.95. The van der Waals surface area contributed by atoms with Gasteiger partial charge in [-0.05, 0) is 31.5 Å². The highest BCUT2D eigenvalue weighted by molar-refractivity contribution is 5.20. The molecule has 4 heteroatoms. The van der Waals surface area contributed by atoms with Gasteiger partial charge in [0.2, 0.25) is 0 Å². The first-order valence-electron chi connectivity index (χ1n) is 4.81. The molecule has 1 aromatic rings. The van der Waals surface area contributed by atoms with E-state index < -0.39 is 17.2 Å². The third kappa shape index (κ3) is 3.57. The average Bonchev–Trinajstić information content (AvgIpc) is 2.09. The Labute approximate surface area is 87.7 Å². The van der Waals surface area contributed by atoms with E-state index in [1.807, 2.05) is 0 Å². The second kappa shape index (κ2) is 4.68. The lowest BCUT2D eigenvalue weighted by molar-refractivity contribution is 0.0530. The van der Waals surface area contributed by atoms with Crippen molar-refractivity contribution in [2.75, 3.05) is 6.54 Å². The molecule has 0 aromatic heterocycles. The predicted octanol–water partition coefficient (Wildman–Crippen LogP) is 1.61. The summed E-state index contributed by atoms with van der Waals surface area (Å²) in [7, 11) is 0. The largest absolute Gasteiger partial charge is 0.390 e. The Morgan fingerprint density at radius 2 is 2.07 bits per heavy atom. The molecule has 0 bridgehead atoms. The fourth-order valence-electron chi connectivity index (χ4n) is 1.47. The van der Waals surface area contributed by atoms with Gasteiger partial charge in [-0.3, -0.25) is 0 Å². The third-order valence-corrected chi connectivity index (χ3v) is 2.27. The topological polar surface area (TPSA) is 46.2 Å². The van der Waals surface area contributed by atoms with Crippen LogP contribution in [0.1, 0.15) is 18.9 Å². The maximum absolute atomic E-state index is 13.2. The van der Waals surface area contributed by atoms with Crippen LogP contribution in [0.15, 0.2) is 18.2 Å². The lowest BCUT2D eigenvalue weighted by atomic mass is 9.93. The number of halogens is 2. The summed E-state index contributed by atoms with van der Waals surface area (Å²) in [6.07, 6.45) is 0.514. The first-order valence-corrected chi connectivity index (χ1v) is 4.81. The van der Waals surface area contributed by atoms with E-state index in [4.69, 9.17) is 5.73 Å². The van der Waals surface area contributed by atoms with Gasteiger partial charge < -0.3 is 10.8 Å². The van der Waals surface area contributed by atoms with Crippen LogP contribution in [0.5, 0.6) is 0 Å². The highest BCUT2D eigenvalue weighted by Gasteiger charge is 2.21. The highest BCUT2D eigenvalue weighted by atomic mass is 19.1. The van der Waals surface area contributed by atoms with Crippen LogP contribution >= 0.6 is 0 Å². The minimum absolute atomic E-state index is 0.135. The minimum Gasteiger partial charge on any atom is -0.390 e. The first kappa shape index (κ1) is 12.1. The number of hydrogen-bond donors (Lipinski definition) is 2. The number of nitrogens with two attached hydrogens (primary N) is 1. The number of rotatable bonds is 4. The van der Waals surface area contributed by atoms with Crippen molar-refractivity contribution < 1.29 is 13.9 Å². The SMILES string of the molecule is CC(O)(CCN)Cc1ccc(F)cc1F. The molecule has 0 saturated heterocycles. The molecule has 0 heterocycles. The summed E-state index contributed by atoms with van der Waals surface area (Å²) in [6, 6.07) is 3.33. The molecule has 2 nitrogen and oxygen atoms in total. The van der Waals surface area contributed by atoms with Crippen LogP contribution in [0.4, 0.5) is 8.78 Å². The molecule has 15 heavy (non-hydrogen) atoms. The van der Waals surface area contributed by atoms with Gasteiger partial charge in [0.25, 0.3) is 0 Å². The Morgan fingerprint density at radius 3 is 2.60 bits per heavy atom. The molecule has 0 saturated carbocycles. The lowest BCUT2D eigenvalue weighted by Crippen LogP contribution is -2.30. The Hall–Kier alpha value is -1.00. The number of hydrogen-bond acceptors (Lipinski definition) is 2. The molecule has 0 aliphatic rings. The molecule has 0 amide bonds. The van der Waals surface area contributed by atoms with Crippen molar-refractivity contribution in [3.05, 3.63) is 35.4 Å². The standard InChI is InChI=1S/C11H15F2NO/c1-11(15,4-5-14)7-8-2-3-9(12)6-10(8)13/h2-3,6,15H,4-5,7,14H2,1H3. The van der Waals surface area contributed by atoms with E-state index in [-0.39, 0.29) is 6.42 Å². The van der Waals surface area contributed by atoms with Gasteiger partial charge in [0.1, 0.15) is 11.6 Å². The molecule has 3 N–H and O–H groups in total. The molecule has 1 unspecified atom stereocenters.